The molecule has 178 valence electrons. The third-order valence-electron chi connectivity index (χ3n) is 5.38. The van der Waals surface area contributed by atoms with E-state index in [1.807, 2.05) is 36.0 Å². The summed E-state index contributed by atoms with van der Waals surface area (Å²) in [6.07, 6.45) is 2.60. The Bertz CT molecular complexity index is 1230. The summed E-state index contributed by atoms with van der Waals surface area (Å²) >= 11 is 0. The fraction of sp³-hybridized carbons (Fsp3) is 0.348. The van der Waals surface area contributed by atoms with Gasteiger partial charge in [0, 0.05) is 49.2 Å². The van der Waals surface area contributed by atoms with E-state index in [0.29, 0.717) is 18.5 Å². The summed E-state index contributed by atoms with van der Waals surface area (Å²) < 4.78 is 46.8. The van der Waals surface area contributed by atoms with Crippen LogP contribution < -0.4 is 18.5 Å². The van der Waals surface area contributed by atoms with E-state index in [-0.39, 0.29) is 35.1 Å². The molecule has 33 heavy (non-hydrogen) atoms. The summed E-state index contributed by atoms with van der Waals surface area (Å²) in [7, 11) is 2.15. The van der Waals surface area contributed by atoms with E-state index in [1.165, 1.54) is 37.8 Å². The standard InChI is InChI=1S/C23H28N2O7S/c1-24-12-10-16-13-17(8-9-19(16)24)25(11-6-5-7-22(26)27)33(28,29)18-14-20(30-2)23(32-4)21(15-18)31-3/h8-10,12-15H,5-7,11H2,1-4H3,(H,26,27). The first kappa shape index (κ1) is 24.2. The Morgan fingerprint density at radius 3 is 2.24 bits per heavy atom. The highest BCUT2D eigenvalue weighted by Gasteiger charge is 2.28. The van der Waals surface area contributed by atoms with Crippen molar-refractivity contribution in [3.63, 3.8) is 0 Å². The highest BCUT2D eigenvalue weighted by molar-refractivity contribution is 7.92. The first-order valence-corrected chi connectivity index (χ1v) is 11.8. The number of rotatable bonds is 11. The fourth-order valence-electron chi connectivity index (χ4n) is 3.68. The highest BCUT2D eigenvalue weighted by Crippen LogP contribution is 2.40. The SMILES string of the molecule is COc1cc(S(=O)(=O)N(CCCCC(=O)O)c2ccc3c(ccn3C)c2)cc(OC)c1OC. The van der Waals surface area contributed by atoms with Crippen molar-refractivity contribution in [2.24, 2.45) is 7.05 Å². The molecule has 9 nitrogen and oxygen atoms in total. The van der Waals surface area contributed by atoms with Crippen molar-refractivity contribution >= 4 is 32.6 Å². The van der Waals surface area contributed by atoms with Gasteiger partial charge in [0.2, 0.25) is 5.75 Å². The molecule has 1 aromatic heterocycles. The smallest absolute Gasteiger partial charge is 0.303 e. The Labute approximate surface area is 193 Å². The quantitative estimate of drug-likeness (QED) is 0.421. The number of anilines is 1. The lowest BCUT2D eigenvalue weighted by Gasteiger charge is -2.25. The second kappa shape index (κ2) is 10.0. The van der Waals surface area contributed by atoms with Crippen molar-refractivity contribution in [3.8, 4) is 17.2 Å². The number of benzene rings is 2. The second-order valence-corrected chi connectivity index (χ2v) is 9.32. The molecule has 10 heteroatoms. The highest BCUT2D eigenvalue weighted by atomic mass is 32.2. The second-order valence-electron chi connectivity index (χ2n) is 7.46. The Balaban J connectivity index is 2.08. The van der Waals surface area contributed by atoms with Gasteiger partial charge in [-0.2, -0.15) is 0 Å². The van der Waals surface area contributed by atoms with Crippen molar-refractivity contribution < 1.29 is 32.5 Å². The summed E-state index contributed by atoms with van der Waals surface area (Å²) in [6, 6.07) is 10.1. The number of carbonyl (C=O) groups is 1. The molecular formula is C23H28N2O7S. The Morgan fingerprint density at radius 2 is 1.67 bits per heavy atom. The predicted octanol–water partition coefficient (Wildman–Crippen LogP) is 3.65. The lowest BCUT2D eigenvalue weighted by Crippen LogP contribution is -2.32. The summed E-state index contributed by atoms with van der Waals surface area (Å²) in [5.41, 5.74) is 1.45. The van der Waals surface area contributed by atoms with Gasteiger partial charge < -0.3 is 23.9 Å². The van der Waals surface area contributed by atoms with E-state index >= 15 is 0 Å². The normalized spacial score (nSPS) is 11.4. The zero-order chi connectivity index (χ0) is 24.2. The number of unbranched alkanes of at least 4 members (excludes halogenated alkanes) is 1. The fourth-order valence-corrected chi connectivity index (χ4v) is 5.20. The zero-order valence-electron chi connectivity index (χ0n) is 19.1. The van der Waals surface area contributed by atoms with Crippen LogP contribution in [0.3, 0.4) is 0 Å². The molecule has 0 spiro atoms. The molecular weight excluding hydrogens is 448 g/mol. The minimum Gasteiger partial charge on any atom is -0.493 e. The number of aliphatic carboxylic acids is 1. The average molecular weight is 477 g/mol. The number of ether oxygens (including phenoxy) is 3. The van der Waals surface area contributed by atoms with Crippen LogP contribution in [0.4, 0.5) is 5.69 Å². The predicted molar refractivity (Wildman–Crippen MR) is 125 cm³/mol. The van der Waals surface area contributed by atoms with Crippen LogP contribution in [-0.4, -0.2) is 51.9 Å². The summed E-state index contributed by atoms with van der Waals surface area (Å²) in [5.74, 6) is -0.183. The van der Waals surface area contributed by atoms with E-state index in [2.05, 4.69) is 0 Å². The molecule has 0 saturated carbocycles. The van der Waals surface area contributed by atoms with Crippen LogP contribution in [0, 0.1) is 0 Å². The maximum Gasteiger partial charge on any atom is 0.303 e. The molecule has 3 rings (SSSR count). The van der Waals surface area contributed by atoms with Gasteiger partial charge in [-0.05, 0) is 37.1 Å². The average Bonchev–Trinajstić information content (AvgIpc) is 3.17. The molecule has 0 atom stereocenters. The van der Waals surface area contributed by atoms with E-state index in [1.54, 1.807) is 6.07 Å². The van der Waals surface area contributed by atoms with E-state index in [4.69, 9.17) is 19.3 Å². The third kappa shape index (κ3) is 5.00. The lowest BCUT2D eigenvalue weighted by molar-refractivity contribution is -0.137. The van der Waals surface area contributed by atoms with Crippen LogP contribution in [0.25, 0.3) is 10.9 Å². The topological polar surface area (TPSA) is 107 Å². The van der Waals surface area contributed by atoms with Gasteiger partial charge in [-0.3, -0.25) is 9.10 Å². The molecule has 1 N–H and O–H groups in total. The Morgan fingerprint density at radius 1 is 1.00 bits per heavy atom. The van der Waals surface area contributed by atoms with Crippen molar-refractivity contribution in [2.45, 2.75) is 24.2 Å². The van der Waals surface area contributed by atoms with Gasteiger partial charge >= 0.3 is 5.97 Å². The van der Waals surface area contributed by atoms with Crippen LogP contribution in [-0.2, 0) is 21.9 Å². The number of sulfonamides is 1. The maximum atomic E-state index is 13.8. The van der Waals surface area contributed by atoms with Crippen molar-refractivity contribution in [1.29, 1.82) is 0 Å². The minimum atomic E-state index is -4.04. The largest absolute Gasteiger partial charge is 0.493 e. The van der Waals surface area contributed by atoms with Crippen LogP contribution in [0.1, 0.15) is 19.3 Å². The number of carboxylic acids is 1. The monoisotopic (exact) mass is 476 g/mol. The molecule has 0 aliphatic rings. The minimum absolute atomic E-state index is 0.0246. The first-order valence-electron chi connectivity index (χ1n) is 10.3. The molecule has 2 aromatic carbocycles. The van der Waals surface area contributed by atoms with Gasteiger partial charge in [0.1, 0.15) is 0 Å². The number of aryl methyl sites for hydroxylation is 1. The first-order chi connectivity index (χ1) is 15.7. The molecule has 0 unspecified atom stereocenters. The summed E-state index contributed by atoms with van der Waals surface area (Å²) in [4.78, 5) is 10.9. The van der Waals surface area contributed by atoms with Crippen LogP contribution in [0.5, 0.6) is 17.2 Å². The molecule has 0 aliphatic heterocycles. The van der Waals surface area contributed by atoms with Crippen molar-refractivity contribution in [2.75, 3.05) is 32.2 Å². The number of methoxy groups -OCH3 is 3. The zero-order valence-corrected chi connectivity index (χ0v) is 19.9. The Hall–Kier alpha value is -3.40. The van der Waals surface area contributed by atoms with Gasteiger partial charge in [-0.15, -0.1) is 0 Å². The van der Waals surface area contributed by atoms with Crippen LogP contribution in [0.2, 0.25) is 0 Å². The number of hydrogen-bond donors (Lipinski definition) is 1. The molecule has 0 aliphatic carbocycles. The number of hydrogen-bond acceptors (Lipinski definition) is 6. The lowest BCUT2D eigenvalue weighted by atomic mass is 10.2. The van der Waals surface area contributed by atoms with Crippen LogP contribution in [0.15, 0.2) is 47.5 Å². The maximum absolute atomic E-state index is 13.8. The van der Waals surface area contributed by atoms with Gasteiger partial charge in [-0.25, -0.2) is 8.42 Å². The molecule has 0 bridgehead atoms. The third-order valence-corrected chi connectivity index (χ3v) is 7.19. The van der Waals surface area contributed by atoms with Crippen molar-refractivity contribution in [3.05, 3.63) is 42.6 Å². The number of carboxylic acid groups (broad SMARTS) is 1. The number of aromatic nitrogens is 1. The molecule has 1 heterocycles. The molecule has 0 amide bonds. The van der Waals surface area contributed by atoms with Gasteiger partial charge in [0.05, 0.1) is 31.9 Å². The summed E-state index contributed by atoms with van der Waals surface area (Å²) in [6.45, 7) is 0.116. The molecule has 0 radical (unpaired) electrons. The van der Waals surface area contributed by atoms with Gasteiger partial charge in [0.15, 0.2) is 11.5 Å². The number of fused-ring (bicyclic) bond motifs is 1. The Kier molecular flexibility index (Phi) is 7.37. The van der Waals surface area contributed by atoms with Crippen LogP contribution >= 0.6 is 0 Å². The number of nitrogens with zero attached hydrogens (tertiary/aromatic N) is 2. The van der Waals surface area contributed by atoms with E-state index < -0.39 is 16.0 Å². The van der Waals surface area contributed by atoms with Gasteiger partial charge in [-0.1, -0.05) is 0 Å². The van der Waals surface area contributed by atoms with Gasteiger partial charge in [0.25, 0.3) is 10.0 Å². The molecule has 0 saturated heterocycles. The summed E-state index contributed by atoms with van der Waals surface area (Å²) in [5, 5.41) is 9.84. The molecule has 0 fully saturated rings. The van der Waals surface area contributed by atoms with Crippen molar-refractivity contribution in [1.82, 2.24) is 4.57 Å². The van der Waals surface area contributed by atoms with E-state index in [9.17, 15) is 13.2 Å². The molecule has 3 aromatic rings. The van der Waals surface area contributed by atoms with E-state index in [0.717, 1.165) is 10.9 Å².